The predicted octanol–water partition coefficient (Wildman–Crippen LogP) is 1.80. The van der Waals surface area contributed by atoms with E-state index in [1.165, 1.54) is 0 Å². The number of rotatable bonds is 5. The van der Waals surface area contributed by atoms with E-state index in [0.29, 0.717) is 13.2 Å². The Labute approximate surface area is 153 Å². The first-order chi connectivity index (χ1) is 12.2. The lowest BCUT2D eigenvalue weighted by molar-refractivity contribution is 0.00578. The highest BCUT2D eigenvalue weighted by atomic mass is 16.7. The fraction of sp³-hybridized carbons (Fsp3) is 0.500. The van der Waals surface area contributed by atoms with Crippen molar-refractivity contribution in [3.05, 3.63) is 41.7 Å². The van der Waals surface area contributed by atoms with Gasteiger partial charge in [0.05, 0.1) is 30.6 Å². The number of carbonyl (C=O) groups excluding carboxylic acids is 1. The van der Waals surface area contributed by atoms with E-state index in [0.717, 1.165) is 11.0 Å². The summed E-state index contributed by atoms with van der Waals surface area (Å²) in [6, 6.07) is 7.96. The van der Waals surface area contributed by atoms with E-state index in [1.54, 1.807) is 17.8 Å². The van der Waals surface area contributed by atoms with Crippen molar-refractivity contribution >= 4 is 18.6 Å². The van der Waals surface area contributed by atoms with Crippen LogP contribution in [0.1, 0.15) is 50.7 Å². The van der Waals surface area contributed by atoms with Crippen molar-refractivity contribution in [1.82, 2.24) is 15.0 Å². The molecule has 1 aliphatic rings. The molecule has 0 saturated carbocycles. The van der Waals surface area contributed by atoms with E-state index < -0.39 is 5.97 Å². The van der Waals surface area contributed by atoms with Gasteiger partial charge < -0.3 is 14.0 Å². The van der Waals surface area contributed by atoms with Crippen molar-refractivity contribution in [3.63, 3.8) is 0 Å². The zero-order valence-corrected chi connectivity index (χ0v) is 15.9. The van der Waals surface area contributed by atoms with E-state index >= 15 is 0 Å². The first-order valence-corrected chi connectivity index (χ1v) is 8.73. The van der Waals surface area contributed by atoms with Gasteiger partial charge in [0.15, 0.2) is 5.69 Å². The van der Waals surface area contributed by atoms with Gasteiger partial charge in [0, 0.05) is 0 Å². The van der Waals surface area contributed by atoms with Gasteiger partial charge in [-0.15, -0.1) is 5.10 Å². The van der Waals surface area contributed by atoms with Crippen LogP contribution in [0.4, 0.5) is 0 Å². The summed E-state index contributed by atoms with van der Waals surface area (Å²) in [6.07, 6.45) is 1.58. The summed E-state index contributed by atoms with van der Waals surface area (Å²) in [5, 5.41) is 7.81. The molecular weight excluding hydrogens is 333 g/mol. The van der Waals surface area contributed by atoms with Crippen LogP contribution in [0.5, 0.6) is 0 Å². The Morgan fingerprint density at radius 3 is 2.35 bits per heavy atom. The molecule has 138 valence electrons. The zero-order valence-electron chi connectivity index (χ0n) is 15.9. The van der Waals surface area contributed by atoms with Crippen molar-refractivity contribution in [3.8, 4) is 0 Å². The molecule has 1 fully saturated rings. The van der Waals surface area contributed by atoms with Gasteiger partial charge in [-0.3, -0.25) is 0 Å². The maximum Gasteiger partial charge on any atom is 0.494 e. The molecule has 3 rings (SSSR count). The Morgan fingerprint density at radius 1 is 1.15 bits per heavy atom. The van der Waals surface area contributed by atoms with Crippen molar-refractivity contribution in [1.29, 1.82) is 0 Å². The van der Waals surface area contributed by atoms with E-state index in [4.69, 9.17) is 14.0 Å². The van der Waals surface area contributed by atoms with Crippen LogP contribution in [0.3, 0.4) is 0 Å². The van der Waals surface area contributed by atoms with Crippen LogP contribution in [0.25, 0.3) is 0 Å². The van der Waals surface area contributed by atoms with E-state index in [-0.39, 0.29) is 24.0 Å². The van der Waals surface area contributed by atoms with Gasteiger partial charge in [-0.1, -0.05) is 29.5 Å². The molecule has 0 atom stereocenters. The highest BCUT2D eigenvalue weighted by Gasteiger charge is 2.51. The van der Waals surface area contributed by atoms with E-state index in [9.17, 15) is 4.79 Å². The lowest BCUT2D eigenvalue weighted by Crippen LogP contribution is -2.41. The molecule has 26 heavy (non-hydrogen) atoms. The minimum absolute atomic E-state index is 0.209. The normalized spacial score (nSPS) is 18.1. The molecule has 7 nitrogen and oxygen atoms in total. The third-order valence-corrected chi connectivity index (χ3v) is 4.87. The first kappa shape index (κ1) is 18.6. The molecule has 8 heteroatoms. The van der Waals surface area contributed by atoms with Crippen LogP contribution < -0.4 is 5.46 Å². The molecule has 1 aromatic carbocycles. The maximum absolute atomic E-state index is 11.6. The van der Waals surface area contributed by atoms with E-state index in [2.05, 4.69) is 10.3 Å². The second-order valence-electron chi connectivity index (χ2n) is 7.35. The Balaban J connectivity index is 1.66. The Kier molecular flexibility index (Phi) is 4.90. The van der Waals surface area contributed by atoms with E-state index in [1.807, 2.05) is 52.0 Å². The number of nitrogens with zero attached hydrogens (tertiary/aromatic N) is 3. The van der Waals surface area contributed by atoms with Crippen LogP contribution in [-0.4, -0.2) is 45.9 Å². The third-order valence-electron chi connectivity index (χ3n) is 4.87. The van der Waals surface area contributed by atoms with Crippen LogP contribution in [0.2, 0.25) is 0 Å². The predicted molar refractivity (Wildman–Crippen MR) is 97.2 cm³/mol. The van der Waals surface area contributed by atoms with Gasteiger partial charge >= 0.3 is 13.1 Å². The summed E-state index contributed by atoms with van der Waals surface area (Å²) in [7, 11) is -0.379. The smallest absolute Gasteiger partial charge is 0.461 e. The average molecular weight is 357 g/mol. The summed E-state index contributed by atoms with van der Waals surface area (Å²) in [4.78, 5) is 11.6. The molecule has 0 radical (unpaired) electrons. The number of carbonyl (C=O) groups is 1. The standard InChI is InChI=1S/C18H24BN3O4/c1-6-24-16(23)15-12-22(21-20-15)11-13-7-9-14(10-8-13)19-25-17(2,3)18(4,5)26-19/h7-10,12H,6,11H2,1-5H3. The maximum atomic E-state index is 11.6. The van der Waals surface area contributed by atoms with Gasteiger partial charge in [0.1, 0.15) is 0 Å². The highest BCUT2D eigenvalue weighted by Crippen LogP contribution is 2.36. The van der Waals surface area contributed by atoms with Gasteiger partial charge in [-0.25, -0.2) is 9.48 Å². The number of aromatic nitrogens is 3. The van der Waals surface area contributed by atoms with Gasteiger partial charge in [0.2, 0.25) is 0 Å². The molecular formula is C18H24BN3O4. The molecule has 1 aromatic heterocycles. The number of hydrogen-bond acceptors (Lipinski definition) is 6. The highest BCUT2D eigenvalue weighted by molar-refractivity contribution is 6.62. The molecule has 2 heterocycles. The molecule has 0 spiro atoms. The van der Waals surface area contributed by atoms with Crippen LogP contribution >= 0.6 is 0 Å². The summed E-state index contributed by atoms with van der Waals surface area (Å²) in [5.74, 6) is -0.463. The topological polar surface area (TPSA) is 75.5 Å². The van der Waals surface area contributed by atoms with Gasteiger partial charge in [0.25, 0.3) is 0 Å². The number of ether oxygens (including phenoxy) is 1. The molecule has 0 bridgehead atoms. The number of hydrogen-bond donors (Lipinski definition) is 0. The van der Waals surface area contributed by atoms with Crippen LogP contribution in [-0.2, 0) is 20.6 Å². The van der Waals surface area contributed by atoms with Crippen molar-refractivity contribution in [2.75, 3.05) is 6.61 Å². The monoisotopic (exact) mass is 357 g/mol. The number of benzene rings is 1. The molecule has 0 aliphatic carbocycles. The summed E-state index contributed by atoms with van der Waals surface area (Å²) in [5.41, 5.74) is 1.49. The minimum Gasteiger partial charge on any atom is -0.461 e. The fourth-order valence-corrected chi connectivity index (χ4v) is 2.62. The molecule has 2 aromatic rings. The van der Waals surface area contributed by atoms with Gasteiger partial charge in [-0.2, -0.15) is 0 Å². The second kappa shape index (κ2) is 6.85. The van der Waals surface area contributed by atoms with Crippen molar-refractivity contribution in [2.24, 2.45) is 0 Å². The quantitative estimate of drug-likeness (QED) is 0.600. The second-order valence-corrected chi connectivity index (χ2v) is 7.35. The summed E-state index contributed by atoms with van der Waals surface area (Å²) >= 11 is 0. The van der Waals surface area contributed by atoms with Crippen LogP contribution in [0.15, 0.2) is 30.5 Å². The third kappa shape index (κ3) is 3.66. The first-order valence-electron chi connectivity index (χ1n) is 8.73. The summed E-state index contributed by atoms with van der Waals surface area (Å²) < 4.78 is 18.6. The summed E-state index contributed by atoms with van der Waals surface area (Å²) in [6.45, 7) is 10.7. The lowest BCUT2D eigenvalue weighted by Gasteiger charge is -2.32. The van der Waals surface area contributed by atoms with Gasteiger partial charge in [-0.05, 0) is 45.6 Å². The molecule has 0 N–H and O–H groups in total. The molecule has 0 unspecified atom stereocenters. The van der Waals surface area contributed by atoms with Crippen molar-refractivity contribution in [2.45, 2.75) is 52.4 Å². The van der Waals surface area contributed by atoms with Crippen molar-refractivity contribution < 1.29 is 18.8 Å². The lowest BCUT2D eigenvalue weighted by atomic mass is 9.79. The SMILES string of the molecule is CCOC(=O)c1cn(Cc2ccc(B3OC(C)(C)C(C)(C)O3)cc2)nn1. The molecule has 1 saturated heterocycles. The largest absolute Gasteiger partial charge is 0.494 e. The molecule has 0 amide bonds. The zero-order chi connectivity index (χ0) is 18.9. The Bertz CT molecular complexity index is 770. The minimum atomic E-state index is -0.463. The van der Waals surface area contributed by atoms with Crippen LogP contribution in [0, 0.1) is 0 Å². The number of esters is 1. The Hall–Kier alpha value is -2.19. The Morgan fingerprint density at radius 2 is 1.77 bits per heavy atom. The average Bonchev–Trinajstić information content (AvgIpc) is 3.11. The molecule has 1 aliphatic heterocycles. The fourth-order valence-electron chi connectivity index (χ4n) is 2.62.